The predicted molar refractivity (Wildman–Crippen MR) is 129 cm³/mol. The van der Waals surface area contributed by atoms with E-state index < -0.39 is 0 Å². The number of nitrogens with one attached hydrogen (secondary N) is 1. The predicted octanol–water partition coefficient (Wildman–Crippen LogP) is 4.15. The average molecular weight is 446 g/mol. The number of aromatic amines is 1. The molecule has 0 aliphatic heterocycles. The van der Waals surface area contributed by atoms with E-state index in [2.05, 4.69) is 59.3 Å². The standard InChI is InChI=1S/C24H31N9/c1-6-7-14-33-21(26-23(29-33)32(5)24(2,3)4)15-17-12-13-20(25-16-17)18-10-8-9-11-19(18)22-27-30-31-28-22/h8-13,16H,6-7,14-15H2,1-5H3,(H,27,28,30,31). The van der Waals surface area contributed by atoms with E-state index in [0.29, 0.717) is 12.2 Å². The van der Waals surface area contributed by atoms with E-state index in [-0.39, 0.29) is 5.54 Å². The van der Waals surface area contributed by atoms with Crippen LogP contribution in [0, 0.1) is 0 Å². The maximum absolute atomic E-state index is 4.88. The van der Waals surface area contributed by atoms with Gasteiger partial charge in [0.2, 0.25) is 5.95 Å². The lowest BCUT2D eigenvalue weighted by Crippen LogP contribution is -2.38. The van der Waals surface area contributed by atoms with Crippen LogP contribution in [-0.2, 0) is 13.0 Å². The fourth-order valence-corrected chi connectivity index (χ4v) is 3.48. The maximum Gasteiger partial charge on any atom is 0.245 e. The topological polar surface area (TPSA) is 101 Å². The number of H-pyrrole nitrogens is 1. The van der Waals surface area contributed by atoms with Crippen molar-refractivity contribution < 1.29 is 0 Å². The van der Waals surface area contributed by atoms with Crippen LogP contribution in [0.4, 0.5) is 5.95 Å². The third-order valence-corrected chi connectivity index (χ3v) is 5.76. The van der Waals surface area contributed by atoms with Crippen molar-refractivity contribution >= 4 is 5.95 Å². The first-order chi connectivity index (χ1) is 15.9. The molecule has 0 atom stereocenters. The Morgan fingerprint density at radius 1 is 1.06 bits per heavy atom. The van der Waals surface area contributed by atoms with E-state index in [1.54, 1.807) is 0 Å². The van der Waals surface area contributed by atoms with Gasteiger partial charge in [0.05, 0.1) is 5.69 Å². The van der Waals surface area contributed by atoms with E-state index in [4.69, 9.17) is 15.1 Å². The summed E-state index contributed by atoms with van der Waals surface area (Å²) in [5, 5.41) is 19.1. The highest BCUT2D eigenvalue weighted by Gasteiger charge is 2.23. The minimum atomic E-state index is -0.0517. The summed E-state index contributed by atoms with van der Waals surface area (Å²) in [5.74, 6) is 2.33. The van der Waals surface area contributed by atoms with Crippen LogP contribution in [0.1, 0.15) is 51.9 Å². The quantitative estimate of drug-likeness (QED) is 0.435. The van der Waals surface area contributed by atoms with E-state index in [1.807, 2.05) is 48.3 Å². The highest BCUT2D eigenvalue weighted by atomic mass is 15.5. The number of anilines is 1. The SMILES string of the molecule is CCCCn1nc(N(C)C(C)(C)C)nc1Cc1ccc(-c2ccccc2-c2nnn[nH]2)nc1. The number of hydrogen-bond donors (Lipinski definition) is 1. The summed E-state index contributed by atoms with van der Waals surface area (Å²) in [5.41, 5.74) is 3.79. The molecule has 4 rings (SSSR count). The summed E-state index contributed by atoms with van der Waals surface area (Å²) < 4.78 is 2.04. The maximum atomic E-state index is 4.88. The van der Waals surface area contributed by atoms with Crippen LogP contribution in [0.25, 0.3) is 22.6 Å². The first-order valence-electron chi connectivity index (χ1n) is 11.3. The molecule has 9 heteroatoms. The van der Waals surface area contributed by atoms with Crippen LogP contribution in [0.2, 0.25) is 0 Å². The average Bonchev–Trinajstić information content (AvgIpc) is 3.47. The van der Waals surface area contributed by atoms with Gasteiger partial charge in [-0.25, -0.2) is 9.78 Å². The van der Waals surface area contributed by atoms with Gasteiger partial charge in [-0.1, -0.05) is 43.7 Å². The van der Waals surface area contributed by atoms with Crippen molar-refractivity contribution in [2.75, 3.05) is 11.9 Å². The Kier molecular flexibility index (Phi) is 6.48. The molecule has 0 fully saturated rings. The molecule has 0 saturated carbocycles. The van der Waals surface area contributed by atoms with Crippen LogP contribution in [0.5, 0.6) is 0 Å². The summed E-state index contributed by atoms with van der Waals surface area (Å²) >= 11 is 0. The van der Waals surface area contributed by atoms with Gasteiger partial charge in [-0.2, -0.15) is 4.98 Å². The summed E-state index contributed by atoms with van der Waals surface area (Å²) in [6.07, 6.45) is 4.77. The molecule has 33 heavy (non-hydrogen) atoms. The van der Waals surface area contributed by atoms with Gasteiger partial charge in [0, 0.05) is 42.9 Å². The molecule has 3 heterocycles. The first-order valence-corrected chi connectivity index (χ1v) is 11.3. The molecule has 0 saturated heterocycles. The van der Waals surface area contributed by atoms with Gasteiger partial charge < -0.3 is 4.90 Å². The molecule has 0 amide bonds. The minimum absolute atomic E-state index is 0.0517. The molecule has 0 aliphatic rings. The van der Waals surface area contributed by atoms with Gasteiger partial charge in [-0.05, 0) is 49.2 Å². The van der Waals surface area contributed by atoms with Crippen LogP contribution in [-0.4, -0.2) is 53.0 Å². The summed E-state index contributed by atoms with van der Waals surface area (Å²) in [6.45, 7) is 9.54. The van der Waals surface area contributed by atoms with E-state index in [1.165, 1.54) is 0 Å². The molecule has 0 spiro atoms. The van der Waals surface area contributed by atoms with E-state index in [9.17, 15) is 0 Å². The van der Waals surface area contributed by atoms with E-state index >= 15 is 0 Å². The largest absolute Gasteiger partial charge is 0.338 e. The Labute approximate surface area is 194 Å². The van der Waals surface area contributed by atoms with Gasteiger partial charge in [0.25, 0.3) is 0 Å². The lowest BCUT2D eigenvalue weighted by Gasteiger charge is -2.30. The van der Waals surface area contributed by atoms with Gasteiger partial charge in [-0.15, -0.1) is 10.2 Å². The van der Waals surface area contributed by atoms with Gasteiger partial charge in [0.15, 0.2) is 5.82 Å². The zero-order valence-corrected chi connectivity index (χ0v) is 19.9. The van der Waals surface area contributed by atoms with Crippen molar-refractivity contribution in [2.24, 2.45) is 0 Å². The molecule has 9 nitrogen and oxygen atoms in total. The number of pyridine rings is 1. The number of hydrogen-bond acceptors (Lipinski definition) is 7. The van der Waals surface area contributed by atoms with Gasteiger partial charge in [0.1, 0.15) is 5.82 Å². The van der Waals surface area contributed by atoms with Crippen LogP contribution in [0.3, 0.4) is 0 Å². The monoisotopic (exact) mass is 445 g/mol. The first kappa shape index (κ1) is 22.6. The van der Waals surface area contributed by atoms with E-state index in [0.717, 1.165) is 53.5 Å². The molecule has 3 aromatic heterocycles. The third kappa shape index (κ3) is 5.08. The van der Waals surface area contributed by atoms with Gasteiger partial charge in [-0.3, -0.25) is 4.98 Å². The second kappa shape index (κ2) is 9.48. The molecular formula is C24H31N9. The Balaban J connectivity index is 1.59. The Morgan fingerprint density at radius 3 is 2.48 bits per heavy atom. The highest BCUT2D eigenvalue weighted by molar-refractivity contribution is 5.78. The van der Waals surface area contributed by atoms with Crippen LogP contribution < -0.4 is 4.90 Å². The van der Waals surface area contributed by atoms with Crippen molar-refractivity contribution in [3.8, 4) is 22.6 Å². The summed E-state index contributed by atoms with van der Waals surface area (Å²) in [7, 11) is 2.04. The number of benzene rings is 1. The summed E-state index contributed by atoms with van der Waals surface area (Å²) in [6, 6.07) is 12.1. The summed E-state index contributed by atoms with van der Waals surface area (Å²) in [4.78, 5) is 11.7. The zero-order chi connectivity index (χ0) is 23.4. The molecule has 0 unspecified atom stereocenters. The molecule has 4 aromatic rings. The molecule has 1 aromatic carbocycles. The third-order valence-electron chi connectivity index (χ3n) is 5.76. The Bertz CT molecular complexity index is 1170. The molecule has 1 N–H and O–H groups in total. The van der Waals surface area contributed by atoms with Gasteiger partial charge >= 0.3 is 0 Å². The van der Waals surface area contributed by atoms with Crippen molar-refractivity contribution in [3.63, 3.8) is 0 Å². The normalized spacial score (nSPS) is 11.7. The second-order valence-electron chi connectivity index (χ2n) is 9.16. The lowest BCUT2D eigenvalue weighted by molar-refractivity contribution is 0.516. The minimum Gasteiger partial charge on any atom is -0.338 e. The number of nitrogens with zero attached hydrogens (tertiary/aromatic N) is 8. The smallest absolute Gasteiger partial charge is 0.245 e. The molecule has 0 bridgehead atoms. The Morgan fingerprint density at radius 2 is 1.85 bits per heavy atom. The van der Waals surface area contributed by atoms with Crippen LogP contribution in [0.15, 0.2) is 42.6 Å². The van der Waals surface area contributed by atoms with Crippen molar-refractivity contribution in [2.45, 2.75) is 59.0 Å². The second-order valence-corrected chi connectivity index (χ2v) is 9.16. The number of aryl methyl sites for hydroxylation is 1. The van der Waals surface area contributed by atoms with Crippen molar-refractivity contribution in [1.82, 2.24) is 40.4 Å². The molecule has 0 radical (unpaired) electrons. The van der Waals surface area contributed by atoms with Crippen LogP contribution >= 0.6 is 0 Å². The van der Waals surface area contributed by atoms with Crippen molar-refractivity contribution in [1.29, 1.82) is 0 Å². The molecular weight excluding hydrogens is 414 g/mol. The van der Waals surface area contributed by atoms with Crippen molar-refractivity contribution in [3.05, 3.63) is 54.0 Å². The molecule has 0 aliphatic carbocycles. The zero-order valence-electron chi connectivity index (χ0n) is 19.9. The number of rotatable bonds is 8. The fraction of sp³-hybridized carbons (Fsp3) is 0.417. The highest BCUT2D eigenvalue weighted by Crippen LogP contribution is 2.28. The number of unbranched alkanes of at least 4 members (excludes halogenated alkanes) is 1. The number of tetrazole rings is 1. The lowest BCUT2D eigenvalue weighted by atomic mass is 10.0. The Hall–Kier alpha value is -3.62. The number of aromatic nitrogens is 8. The fourth-order valence-electron chi connectivity index (χ4n) is 3.48. The molecule has 172 valence electrons.